The molecule has 0 radical (unpaired) electrons. The number of ether oxygens (including phenoxy) is 2. The van der Waals surface area contributed by atoms with Gasteiger partial charge in [-0.25, -0.2) is 0 Å². The molecule has 1 aliphatic rings. The molecule has 3 rings (SSSR count). The monoisotopic (exact) mass is 326 g/mol. The highest BCUT2D eigenvalue weighted by atomic mass is 16.5. The number of fused-ring (bicyclic) bond motifs is 1. The van der Waals surface area contributed by atoms with Gasteiger partial charge in [-0.3, -0.25) is 4.79 Å². The van der Waals surface area contributed by atoms with Crippen LogP contribution in [0.3, 0.4) is 0 Å². The summed E-state index contributed by atoms with van der Waals surface area (Å²) in [6, 6.07) is 12.1. The number of anilines is 2. The van der Waals surface area contributed by atoms with E-state index in [1.54, 1.807) is 14.2 Å². The van der Waals surface area contributed by atoms with Crippen LogP contribution in [-0.2, 0) is 4.79 Å². The molecule has 2 aromatic carbocycles. The van der Waals surface area contributed by atoms with Crippen LogP contribution in [0.2, 0.25) is 0 Å². The Hall–Kier alpha value is -2.69. The molecule has 0 fully saturated rings. The largest absolute Gasteiger partial charge is 0.493 e. The van der Waals surface area contributed by atoms with E-state index in [4.69, 9.17) is 9.47 Å². The Kier molecular flexibility index (Phi) is 4.34. The maximum absolute atomic E-state index is 12.1. The maximum atomic E-state index is 12.1. The number of hydrogen-bond acceptors (Lipinski definition) is 4. The fourth-order valence-electron chi connectivity index (χ4n) is 3.09. The lowest BCUT2D eigenvalue weighted by molar-refractivity contribution is -0.116. The number of methoxy groups -OCH3 is 2. The van der Waals surface area contributed by atoms with Crippen LogP contribution >= 0.6 is 0 Å². The van der Waals surface area contributed by atoms with Gasteiger partial charge in [0.1, 0.15) is 0 Å². The molecule has 1 heterocycles. The van der Waals surface area contributed by atoms with Crippen LogP contribution in [0.5, 0.6) is 11.5 Å². The van der Waals surface area contributed by atoms with Crippen LogP contribution in [0.15, 0.2) is 36.4 Å². The minimum absolute atomic E-state index is 0.00442. The molecule has 5 nitrogen and oxygen atoms in total. The lowest BCUT2D eigenvalue weighted by Gasteiger charge is -2.27. The summed E-state index contributed by atoms with van der Waals surface area (Å²) in [5.41, 5.74) is 4.07. The van der Waals surface area contributed by atoms with Crippen molar-refractivity contribution in [3.05, 3.63) is 47.5 Å². The van der Waals surface area contributed by atoms with Gasteiger partial charge in [-0.05, 0) is 29.3 Å². The maximum Gasteiger partial charge on any atom is 0.225 e. The number of amides is 1. The molecule has 0 aliphatic carbocycles. The molecule has 1 aliphatic heterocycles. The summed E-state index contributed by atoms with van der Waals surface area (Å²) in [5, 5.41) is 2.93. The molecular formula is C19H22N2O3. The van der Waals surface area contributed by atoms with E-state index >= 15 is 0 Å². The predicted octanol–water partition coefficient (Wildman–Crippen LogP) is 3.24. The Morgan fingerprint density at radius 3 is 2.25 bits per heavy atom. The first-order valence-corrected chi connectivity index (χ1v) is 7.86. The molecule has 1 amide bonds. The van der Waals surface area contributed by atoms with E-state index in [0.717, 1.165) is 22.5 Å². The van der Waals surface area contributed by atoms with Crippen LogP contribution < -0.4 is 19.7 Å². The van der Waals surface area contributed by atoms with Gasteiger partial charge < -0.3 is 19.7 Å². The standard InChI is InChI=1S/C19H22N2O3/c1-21(2)13-7-5-12(6-8-13)14-10-19(22)20-16-11-18(24-4)17(23-3)9-15(14)16/h5-9,11,14H,10H2,1-4H3,(H,20,22)/t14-/m1/s1. The molecule has 24 heavy (non-hydrogen) atoms. The zero-order chi connectivity index (χ0) is 17.3. The van der Waals surface area contributed by atoms with Crippen LogP contribution in [0.25, 0.3) is 0 Å². The molecule has 1 atom stereocenters. The second-order valence-electron chi connectivity index (χ2n) is 6.09. The first-order valence-electron chi connectivity index (χ1n) is 7.86. The highest BCUT2D eigenvalue weighted by Crippen LogP contribution is 2.43. The van der Waals surface area contributed by atoms with E-state index in [1.807, 2.05) is 26.2 Å². The minimum atomic E-state index is 0.00442. The topological polar surface area (TPSA) is 50.8 Å². The molecule has 0 aromatic heterocycles. The van der Waals surface area contributed by atoms with Gasteiger partial charge in [-0.1, -0.05) is 12.1 Å². The van der Waals surface area contributed by atoms with Gasteiger partial charge in [0.15, 0.2) is 11.5 Å². The quantitative estimate of drug-likeness (QED) is 0.937. The molecule has 2 aromatic rings. The smallest absolute Gasteiger partial charge is 0.225 e. The van der Waals surface area contributed by atoms with Gasteiger partial charge in [-0.15, -0.1) is 0 Å². The van der Waals surface area contributed by atoms with Crippen molar-refractivity contribution >= 4 is 17.3 Å². The molecule has 5 heteroatoms. The van der Waals surface area contributed by atoms with Crippen LogP contribution in [0, 0.1) is 0 Å². The Morgan fingerprint density at radius 1 is 1.04 bits per heavy atom. The van der Waals surface area contributed by atoms with Crippen molar-refractivity contribution in [3.63, 3.8) is 0 Å². The molecule has 0 bridgehead atoms. The van der Waals surface area contributed by atoms with Crippen molar-refractivity contribution < 1.29 is 14.3 Å². The Morgan fingerprint density at radius 2 is 1.67 bits per heavy atom. The SMILES string of the molecule is COc1cc2c(cc1OC)[C@@H](c1ccc(N(C)C)cc1)CC(=O)N2. The van der Waals surface area contributed by atoms with Gasteiger partial charge in [-0.2, -0.15) is 0 Å². The first kappa shape index (κ1) is 16.2. The van der Waals surface area contributed by atoms with Gasteiger partial charge in [0.05, 0.1) is 14.2 Å². The number of carbonyl (C=O) groups excluding carboxylic acids is 1. The summed E-state index contributed by atoms with van der Waals surface area (Å²) in [4.78, 5) is 14.2. The van der Waals surface area contributed by atoms with E-state index in [2.05, 4.69) is 34.5 Å². The third-order valence-electron chi connectivity index (χ3n) is 4.41. The minimum Gasteiger partial charge on any atom is -0.493 e. The van der Waals surface area contributed by atoms with Crippen molar-refractivity contribution in [1.82, 2.24) is 0 Å². The average Bonchev–Trinajstić information content (AvgIpc) is 2.59. The second-order valence-corrected chi connectivity index (χ2v) is 6.09. The molecular weight excluding hydrogens is 304 g/mol. The van der Waals surface area contributed by atoms with Gasteiger partial charge in [0, 0.05) is 43.9 Å². The average molecular weight is 326 g/mol. The lowest BCUT2D eigenvalue weighted by Crippen LogP contribution is -2.23. The number of carbonyl (C=O) groups is 1. The Labute approximate surface area is 142 Å². The van der Waals surface area contributed by atoms with Crippen molar-refractivity contribution in [2.45, 2.75) is 12.3 Å². The molecule has 1 N–H and O–H groups in total. The molecule has 0 saturated carbocycles. The van der Waals surface area contributed by atoms with E-state index in [-0.39, 0.29) is 11.8 Å². The van der Waals surface area contributed by atoms with Gasteiger partial charge in [0.2, 0.25) is 5.91 Å². The van der Waals surface area contributed by atoms with Crippen molar-refractivity contribution in [2.24, 2.45) is 0 Å². The summed E-state index contributed by atoms with van der Waals surface area (Å²) in [5.74, 6) is 1.30. The van der Waals surface area contributed by atoms with E-state index < -0.39 is 0 Å². The third kappa shape index (κ3) is 2.89. The van der Waals surface area contributed by atoms with Crippen molar-refractivity contribution in [1.29, 1.82) is 0 Å². The fourth-order valence-corrected chi connectivity index (χ4v) is 3.09. The summed E-state index contributed by atoms with van der Waals surface area (Å²) in [6.45, 7) is 0. The van der Waals surface area contributed by atoms with E-state index in [0.29, 0.717) is 17.9 Å². The molecule has 0 unspecified atom stereocenters. The number of rotatable bonds is 4. The highest BCUT2D eigenvalue weighted by Gasteiger charge is 2.28. The summed E-state index contributed by atoms with van der Waals surface area (Å²) in [6.07, 6.45) is 0.420. The highest BCUT2D eigenvalue weighted by molar-refractivity contribution is 5.96. The summed E-state index contributed by atoms with van der Waals surface area (Å²) < 4.78 is 10.8. The third-order valence-corrected chi connectivity index (χ3v) is 4.41. The zero-order valence-corrected chi connectivity index (χ0v) is 14.4. The lowest BCUT2D eigenvalue weighted by atomic mass is 9.84. The van der Waals surface area contributed by atoms with E-state index in [1.165, 1.54) is 0 Å². The van der Waals surface area contributed by atoms with Crippen molar-refractivity contribution in [3.8, 4) is 11.5 Å². The Bertz CT molecular complexity index is 754. The van der Waals surface area contributed by atoms with Gasteiger partial charge >= 0.3 is 0 Å². The molecule has 0 saturated heterocycles. The zero-order valence-electron chi connectivity index (χ0n) is 14.4. The van der Waals surface area contributed by atoms with E-state index in [9.17, 15) is 4.79 Å². The van der Waals surface area contributed by atoms with Crippen LogP contribution in [-0.4, -0.2) is 34.2 Å². The summed E-state index contributed by atoms with van der Waals surface area (Å²) >= 11 is 0. The number of hydrogen-bond donors (Lipinski definition) is 1. The Balaban J connectivity index is 2.06. The van der Waals surface area contributed by atoms with Crippen molar-refractivity contribution in [2.75, 3.05) is 38.5 Å². The normalized spacial score (nSPS) is 16.2. The first-order chi connectivity index (χ1) is 11.5. The number of nitrogens with one attached hydrogen (secondary N) is 1. The van der Waals surface area contributed by atoms with Crippen LogP contribution in [0.4, 0.5) is 11.4 Å². The molecule has 0 spiro atoms. The van der Waals surface area contributed by atoms with Crippen LogP contribution in [0.1, 0.15) is 23.5 Å². The number of benzene rings is 2. The number of nitrogens with zero attached hydrogens (tertiary/aromatic N) is 1. The fraction of sp³-hybridized carbons (Fsp3) is 0.316. The predicted molar refractivity (Wildman–Crippen MR) is 95.4 cm³/mol. The summed E-state index contributed by atoms with van der Waals surface area (Å²) in [7, 11) is 7.23. The molecule has 126 valence electrons. The van der Waals surface area contributed by atoms with Gasteiger partial charge in [0.25, 0.3) is 0 Å². The second kappa shape index (κ2) is 6.43.